The van der Waals surface area contributed by atoms with E-state index in [0.29, 0.717) is 0 Å². The third-order valence-electron chi connectivity index (χ3n) is 1.05. The first-order valence-electron chi connectivity index (χ1n) is 2.64. The Morgan fingerprint density at radius 1 is 1.60 bits per heavy atom. The minimum absolute atomic E-state index is 0.794. The molecule has 5 heteroatoms. The molecule has 10 heavy (non-hydrogen) atoms. The molecule has 4 nitrogen and oxygen atoms in total. The van der Waals surface area contributed by atoms with E-state index in [-0.39, 0.29) is 0 Å². The fourth-order valence-corrected chi connectivity index (χ4v) is 1.19. The van der Waals surface area contributed by atoms with Crippen LogP contribution in [0.1, 0.15) is 0 Å². The lowest BCUT2D eigenvalue weighted by molar-refractivity contribution is 0.940. The summed E-state index contributed by atoms with van der Waals surface area (Å²) in [6.45, 7) is 0. The summed E-state index contributed by atoms with van der Waals surface area (Å²) in [7, 11) is 0. The number of nitrogens with zero attached hydrogens (tertiary/aromatic N) is 3. The largest absolute Gasteiger partial charge is 0.256 e. The molecule has 0 saturated heterocycles. The summed E-state index contributed by atoms with van der Waals surface area (Å²) in [4.78, 5) is 4.91. The molecule has 1 radical (unpaired) electrons. The highest BCUT2D eigenvalue weighted by Gasteiger charge is 1.99. The van der Waals surface area contributed by atoms with Gasteiger partial charge in [0, 0.05) is 6.20 Å². The summed E-state index contributed by atoms with van der Waals surface area (Å²) < 4.78 is 0. The Morgan fingerprint density at radius 2 is 2.60 bits per heavy atom. The zero-order chi connectivity index (χ0) is 6.81. The fourth-order valence-electron chi connectivity index (χ4n) is 0.624. The van der Waals surface area contributed by atoms with Gasteiger partial charge in [0.2, 0.25) is 0 Å². The van der Waals surface area contributed by atoms with Gasteiger partial charge in [-0.25, -0.2) is 0 Å². The van der Waals surface area contributed by atoms with Crippen LogP contribution in [-0.2, 0) is 0 Å². The van der Waals surface area contributed by atoms with E-state index in [0.717, 1.165) is 10.6 Å². The van der Waals surface area contributed by atoms with Crippen molar-refractivity contribution >= 4 is 11.3 Å². The molecule has 2 heterocycles. The van der Waals surface area contributed by atoms with Crippen LogP contribution in [0, 0.1) is 6.20 Å². The lowest BCUT2D eigenvalue weighted by Crippen LogP contribution is -1.70. The smallest absolute Gasteiger partial charge is 0.144 e. The van der Waals surface area contributed by atoms with Crippen LogP contribution in [0.2, 0.25) is 0 Å². The minimum Gasteiger partial charge on any atom is -0.256 e. The van der Waals surface area contributed by atoms with Crippen molar-refractivity contribution in [3.63, 3.8) is 0 Å². The van der Waals surface area contributed by atoms with Crippen molar-refractivity contribution in [1.82, 2.24) is 20.4 Å². The number of aromatic amines is 1. The number of nitrogens with one attached hydrogen (secondary N) is 1. The highest BCUT2D eigenvalue weighted by molar-refractivity contribution is 7.13. The van der Waals surface area contributed by atoms with Crippen LogP contribution >= 0.6 is 11.3 Å². The molecule has 2 rings (SSSR count). The monoisotopic (exact) mass is 151 g/mol. The second-order valence-electron chi connectivity index (χ2n) is 1.66. The van der Waals surface area contributed by atoms with E-state index in [2.05, 4.69) is 26.6 Å². The standard InChI is InChI=1S/C5H3N4S/c1-4(8-9-7-1)5-2-6-3-10-5/h2-3H,(H,7,8,9). The number of hydrogen-bond donors (Lipinski definition) is 1. The van der Waals surface area contributed by atoms with Crippen molar-refractivity contribution in [1.29, 1.82) is 0 Å². The molecular weight excluding hydrogens is 148 g/mol. The van der Waals surface area contributed by atoms with Crippen LogP contribution in [0.25, 0.3) is 10.6 Å². The Morgan fingerprint density at radius 3 is 3.20 bits per heavy atom. The van der Waals surface area contributed by atoms with Gasteiger partial charge in [-0.2, -0.15) is 0 Å². The van der Waals surface area contributed by atoms with E-state index in [1.165, 1.54) is 11.3 Å². The summed E-state index contributed by atoms with van der Waals surface area (Å²) in [5.41, 5.74) is 2.55. The minimum atomic E-state index is 0.794. The number of hydrogen-bond acceptors (Lipinski definition) is 4. The van der Waals surface area contributed by atoms with Gasteiger partial charge in [-0.05, 0) is 0 Å². The van der Waals surface area contributed by atoms with E-state index in [9.17, 15) is 0 Å². The van der Waals surface area contributed by atoms with Crippen LogP contribution < -0.4 is 0 Å². The Labute approximate surface area is 60.9 Å². The zero-order valence-electron chi connectivity index (χ0n) is 4.90. The molecule has 49 valence electrons. The van der Waals surface area contributed by atoms with Crippen molar-refractivity contribution in [2.24, 2.45) is 0 Å². The van der Waals surface area contributed by atoms with Crippen molar-refractivity contribution in [3.05, 3.63) is 17.9 Å². The zero-order valence-corrected chi connectivity index (χ0v) is 5.72. The molecule has 0 unspecified atom stereocenters. The van der Waals surface area contributed by atoms with Gasteiger partial charge < -0.3 is 0 Å². The average Bonchev–Trinajstić information content (AvgIpc) is 2.59. The van der Waals surface area contributed by atoms with Gasteiger partial charge in [0.1, 0.15) is 11.9 Å². The van der Waals surface area contributed by atoms with Crippen molar-refractivity contribution < 1.29 is 0 Å². The topological polar surface area (TPSA) is 54.5 Å². The molecule has 1 N–H and O–H groups in total. The average molecular weight is 151 g/mol. The number of H-pyrrole nitrogens is 1. The maximum absolute atomic E-state index is 3.90. The van der Waals surface area contributed by atoms with Gasteiger partial charge in [-0.1, -0.05) is 5.21 Å². The summed E-state index contributed by atoms with van der Waals surface area (Å²) in [5.74, 6) is 0. The van der Waals surface area contributed by atoms with Gasteiger partial charge in [0.15, 0.2) is 0 Å². The van der Waals surface area contributed by atoms with E-state index in [1.807, 2.05) is 0 Å². The quantitative estimate of drug-likeness (QED) is 0.653. The molecule has 0 amide bonds. The van der Waals surface area contributed by atoms with Crippen LogP contribution in [0.15, 0.2) is 11.7 Å². The van der Waals surface area contributed by atoms with E-state index in [1.54, 1.807) is 11.7 Å². The molecule has 0 spiro atoms. The van der Waals surface area contributed by atoms with Crippen LogP contribution in [0.3, 0.4) is 0 Å². The fraction of sp³-hybridized carbons (Fsp3) is 0. The molecule has 0 aromatic carbocycles. The summed E-state index contributed by atoms with van der Waals surface area (Å²) in [6.07, 6.45) is 4.44. The lowest BCUT2D eigenvalue weighted by atomic mass is 10.4. The highest BCUT2D eigenvalue weighted by atomic mass is 32.1. The Balaban J connectivity index is 2.48. The molecule has 0 saturated carbocycles. The highest BCUT2D eigenvalue weighted by Crippen LogP contribution is 2.17. The van der Waals surface area contributed by atoms with E-state index >= 15 is 0 Å². The molecule has 0 aliphatic rings. The van der Waals surface area contributed by atoms with Crippen LogP contribution in [-0.4, -0.2) is 20.4 Å². The van der Waals surface area contributed by atoms with Crippen LogP contribution in [0.4, 0.5) is 0 Å². The predicted molar refractivity (Wildman–Crippen MR) is 36.3 cm³/mol. The molecule has 0 aliphatic carbocycles. The first-order valence-corrected chi connectivity index (χ1v) is 3.52. The Bertz CT molecular complexity index is 253. The number of thiazole rings is 1. The summed E-state index contributed by atoms with van der Waals surface area (Å²) >= 11 is 1.53. The van der Waals surface area contributed by atoms with E-state index < -0.39 is 0 Å². The first-order chi connectivity index (χ1) is 4.97. The third kappa shape index (κ3) is 0.801. The summed E-state index contributed by atoms with van der Waals surface area (Å²) in [5, 5.41) is 9.75. The molecule has 0 aliphatic heterocycles. The predicted octanol–water partition coefficient (Wildman–Crippen LogP) is 0.728. The maximum Gasteiger partial charge on any atom is 0.144 e. The molecule has 2 aromatic rings. The van der Waals surface area contributed by atoms with Gasteiger partial charge in [0.25, 0.3) is 0 Å². The van der Waals surface area contributed by atoms with Gasteiger partial charge in [0.05, 0.1) is 10.4 Å². The lowest BCUT2D eigenvalue weighted by Gasteiger charge is -1.81. The van der Waals surface area contributed by atoms with Gasteiger partial charge in [-0.15, -0.1) is 16.4 Å². The SMILES string of the molecule is [c]1nn[nH]c1-c1cncs1. The number of rotatable bonds is 1. The normalized spacial score (nSPS) is 10.0. The summed E-state index contributed by atoms with van der Waals surface area (Å²) in [6, 6.07) is 0. The molecule has 0 fully saturated rings. The Hall–Kier alpha value is -1.23. The van der Waals surface area contributed by atoms with Crippen molar-refractivity contribution in [3.8, 4) is 10.6 Å². The molecule has 0 bridgehead atoms. The molecule has 2 aromatic heterocycles. The van der Waals surface area contributed by atoms with Gasteiger partial charge in [-0.3, -0.25) is 10.1 Å². The molecular formula is C5H3N4S. The second-order valence-corrected chi connectivity index (χ2v) is 2.55. The maximum atomic E-state index is 3.90. The third-order valence-corrected chi connectivity index (χ3v) is 1.84. The van der Waals surface area contributed by atoms with Gasteiger partial charge >= 0.3 is 0 Å². The van der Waals surface area contributed by atoms with Crippen molar-refractivity contribution in [2.75, 3.05) is 0 Å². The number of aromatic nitrogens is 4. The first kappa shape index (κ1) is 5.55. The van der Waals surface area contributed by atoms with E-state index in [4.69, 9.17) is 0 Å². The Kier molecular flexibility index (Phi) is 1.21. The molecule has 0 atom stereocenters. The van der Waals surface area contributed by atoms with Crippen LogP contribution in [0.5, 0.6) is 0 Å². The van der Waals surface area contributed by atoms with Crippen molar-refractivity contribution in [2.45, 2.75) is 0 Å². The second kappa shape index (κ2) is 2.18.